The van der Waals surface area contributed by atoms with Gasteiger partial charge in [0.15, 0.2) is 0 Å². The number of hydrogen-bond donors (Lipinski definition) is 1. The molecule has 0 radical (unpaired) electrons. The van der Waals surface area contributed by atoms with Crippen LogP contribution in [0, 0.1) is 5.92 Å². The third-order valence-corrected chi connectivity index (χ3v) is 3.47. The standard InChI is InChI=1S/C13H13N7O/c14-12-9-3-1-2-4-10(9)17-13(18-12)20-7-8(5-11(20)21)6-16-19-15/h1-4,8H,5-7H2,(H2,14,17,18). The maximum Gasteiger partial charge on any atom is 0.234 e. The lowest BCUT2D eigenvalue weighted by atomic mass is 10.1. The Morgan fingerprint density at radius 2 is 2.24 bits per heavy atom. The Labute approximate surface area is 120 Å². The second-order valence-corrected chi connectivity index (χ2v) is 4.91. The van der Waals surface area contributed by atoms with Crippen molar-refractivity contribution in [1.29, 1.82) is 0 Å². The maximum absolute atomic E-state index is 12.1. The fourth-order valence-electron chi connectivity index (χ4n) is 2.46. The summed E-state index contributed by atoms with van der Waals surface area (Å²) in [5, 5.41) is 4.28. The summed E-state index contributed by atoms with van der Waals surface area (Å²) < 4.78 is 0. The number of carbonyl (C=O) groups is 1. The first-order valence-electron chi connectivity index (χ1n) is 6.52. The quantitative estimate of drug-likeness (QED) is 0.525. The number of para-hydroxylation sites is 1. The van der Waals surface area contributed by atoms with Crippen molar-refractivity contribution in [3.63, 3.8) is 0 Å². The van der Waals surface area contributed by atoms with Crippen LogP contribution in [0.1, 0.15) is 6.42 Å². The summed E-state index contributed by atoms with van der Waals surface area (Å²) >= 11 is 0. The predicted octanol–water partition coefficient (Wildman–Crippen LogP) is 1.88. The van der Waals surface area contributed by atoms with Crippen molar-refractivity contribution in [2.75, 3.05) is 23.7 Å². The van der Waals surface area contributed by atoms with E-state index < -0.39 is 0 Å². The molecule has 106 valence electrons. The Morgan fingerprint density at radius 3 is 3.05 bits per heavy atom. The van der Waals surface area contributed by atoms with Gasteiger partial charge in [0.2, 0.25) is 11.9 Å². The van der Waals surface area contributed by atoms with Crippen LogP contribution in [-0.4, -0.2) is 29.0 Å². The zero-order valence-electron chi connectivity index (χ0n) is 11.2. The topological polar surface area (TPSA) is 121 Å². The van der Waals surface area contributed by atoms with Crippen molar-refractivity contribution >= 4 is 28.6 Å². The van der Waals surface area contributed by atoms with Crippen molar-refractivity contribution in [2.45, 2.75) is 6.42 Å². The number of aromatic nitrogens is 2. The number of anilines is 2. The highest BCUT2D eigenvalue weighted by Crippen LogP contribution is 2.26. The highest BCUT2D eigenvalue weighted by molar-refractivity contribution is 5.96. The second-order valence-electron chi connectivity index (χ2n) is 4.91. The van der Waals surface area contributed by atoms with Crippen molar-refractivity contribution < 1.29 is 4.79 Å². The van der Waals surface area contributed by atoms with Crippen molar-refractivity contribution in [2.24, 2.45) is 11.0 Å². The van der Waals surface area contributed by atoms with E-state index in [1.54, 1.807) is 0 Å². The molecule has 1 amide bonds. The van der Waals surface area contributed by atoms with Crippen molar-refractivity contribution in [3.8, 4) is 0 Å². The molecule has 2 aromatic rings. The normalized spacial score (nSPS) is 18.0. The number of rotatable bonds is 3. The van der Waals surface area contributed by atoms with Gasteiger partial charge in [-0.1, -0.05) is 17.2 Å². The largest absolute Gasteiger partial charge is 0.383 e. The van der Waals surface area contributed by atoms with Gasteiger partial charge in [0, 0.05) is 29.8 Å². The minimum atomic E-state index is -0.0807. The van der Waals surface area contributed by atoms with Gasteiger partial charge in [-0.05, 0) is 23.6 Å². The van der Waals surface area contributed by atoms with Gasteiger partial charge < -0.3 is 5.73 Å². The molecule has 1 saturated heterocycles. The monoisotopic (exact) mass is 283 g/mol. The molecule has 3 rings (SSSR count). The first-order valence-corrected chi connectivity index (χ1v) is 6.52. The molecule has 8 nitrogen and oxygen atoms in total. The molecule has 0 saturated carbocycles. The van der Waals surface area contributed by atoms with Gasteiger partial charge in [-0.25, -0.2) is 4.98 Å². The second kappa shape index (κ2) is 5.26. The number of benzene rings is 1. The van der Waals surface area contributed by atoms with Crippen LogP contribution in [0.4, 0.5) is 11.8 Å². The molecule has 1 aromatic carbocycles. The molecule has 21 heavy (non-hydrogen) atoms. The molecule has 1 unspecified atom stereocenters. The van der Waals surface area contributed by atoms with Gasteiger partial charge in [0.1, 0.15) is 5.82 Å². The van der Waals surface area contributed by atoms with E-state index in [9.17, 15) is 4.79 Å². The first-order chi connectivity index (χ1) is 10.2. The van der Waals surface area contributed by atoms with Crippen LogP contribution in [0.3, 0.4) is 0 Å². The number of amides is 1. The van der Waals surface area contributed by atoms with E-state index in [4.69, 9.17) is 11.3 Å². The Hall–Kier alpha value is -2.86. The minimum absolute atomic E-state index is 0.00954. The third-order valence-electron chi connectivity index (χ3n) is 3.47. The number of hydrogen-bond acceptors (Lipinski definition) is 5. The molecule has 1 aromatic heterocycles. The summed E-state index contributed by atoms with van der Waals surface area (Å²) in [6.45, 7) is 0.734. The number of azide groups is 1. The highest BCUT2D eigenvalue weighted by atomic mass is 16.2. The summed E-state index contributed by atoms with van der Waals surface area (Å²) in [7, 11) is 0. The number of nitrogens with two attached hydrogens (primary N) is 1. The molecule has 2 heterocycles. The molecule has 2 N–H and O–H groups in total. The highest BCUT2D eigenvalue weighted by Gasteiger charge is 2.32. The van der Waals surface area contributed by atoms with E-state index in [0.29, 0.717) is 36.8 Å². The maximum atomic E-state index is 12.1. The smallest absolute Gasteiger partial charge is 0.234 e. The number of carbonyl (C=O) groups excluding carboxylic acids is 1. The summed E-state index contributed by atoms with van der Waals surface area (Å²) in [6, 6.07) is 7.38. The van der Waals surface area contributed by atoms with Gasteiger partial charge >= 0.3 is 0 Å². The van der Waals surface area contributed by atoms with E-state index >= 15 is 0 Å². The lowest BCUT2D eigenvalue weighted by Gasteiger charge is -2.15. The molecule has 0 aliphatic carbocycles. The first kappa shape index (κ1) is 13.1. The molecule has 8 heteroatoms. The molecular weight excluding hydrogens is 270 g/mol. The molecular formula is C13H13N7O. The van der Waals surface area contributed by atoms with Gasteiger partial charge in [-0.15, -0.1) is 0 Å². The Balaban J connectivity index is 1.93. The lowest BCUT2D eigenvalue weighted by molar-refractivity contribution is -0.117. The summed E-state index contributed by atoms with van der Waals surface area (Å²) in [5.41, 5.74) is 15.0. The number of nitrogens with zero attached hydrogens (tertiary/aromatic N) is 6. The average molecular weight is 283 g/mol. The van der Waals surface area contributed by atoms with Crippen LogP contribution in [0.25, 0.3) is 21.3 Å². The summed E-state index contributed by atoms with van der Waals surface area (Å²) in [4.78, 5) is 24.9. The molecule has 1 aliphatic heterocycles. The number of fused-ring (bicyclic) bond motifs is 1. The molecule has 1 atom stereocenters. The lowest BCUT2D eigenvalue weighted by Crippen LogP contribution is -2.27. The Kier molecular flexibility index (Phi) is 3.29. The molecule has 0 bridgehead atoms. The summed E-state index contributed by atoms with van der Waals surface area (Å²) in [5.74, 6) is 0.564. The zero-order chi connectivity index (χ0) is 14.8. The molecule has 1 fully saturated rings. The van der Waals surface area contributed by atoms with E-state index in [-0.39, 0.29) is 11.8 Å². The minimum Gasteiger partial charge on any atom is -0.383 e. The van der Waals surface area contributed by atoms with Crippen LogP contribution < -0.4 is 10.6 Å². The van der Waals surface area contributed by atoms with Crippen molar-refractivity contribution in [3.05, 3.63) is 34.7 Å². The fraction of sp³-hybridized carbons (Fsp3) is 0.308. The van der Waals surface area contributed by atoms with Gasteiger partial charge in [-0.3, -0.25) is 9.69 Å². The van der Waals surface area contributed by atoms with Gasteiger partial charge in [0.25, 0.3) is 0 Å². The Morgan fingerprint density at radius 1 is 1.43 bits per heavy atom. The Bertz CT molecular complexity index is 753. The van der Waals surface area contributed by atoms with Gasteiger partial charge in [-0.2, -0.15) is 4.98 Å². The van der Waals surface area contributed by atoms with Gasteiger partial charge in [0.05, 0.1) is 5.52 Å². The SMILES string of the molecule is [N-]=[N+]=NCC1CC(=O)N(c2nc(N)c3ccccc3n2)C1. The van der Waals surface area contributed by atoms with Crippen LogP contribution in [0.5, 0.6) is 0 Å². The van der Waals surface area contributed by atoms with Crippen LogP contribution in [0.15, 0.2) is 29.4 Å². The molecule has 0 spiro atoms. The zero-order valence-corrected chi connectivity index (χ0v) is 11.2. The average Bonchev–Trinajstić information content (AvgIpc) is 2.86. The van der Waals surface area contributed by atoms with E-state index in [1.807, 2.05) is 24.3 Å². The van der Waals surface area contributed by atoms with E-state index in [1.165, 1.54) is 4.90 Å². The third kappa shape index (κ3) is 2.44. The van der Waals surface area contributed by atoms with E-state index in [2.05, 4.69) is 20.0 Å². The number of nitrogen functional groups attached to an aromatic ring is 1. The van der Waals surface area contributed by atoms with Crippen LogP contribution in [0.2, 0.25) is 0 Å². The van der Waals surface area contributed by atoms with Crippen molar-refractivity contribution in [1.82, 2.24) is 9.97 Å². The molecule has 1 aliphatic rings. The predicted molar refractivity (Wildman–Crippen MR) is 78.4 cm³/mol. The van der Waals surface area contributed by atoms with Crippen LogP contribution >= 0.6 is 0 Å². The van der Waals surface area contributed by atoms with Crippen LogP contribution in [-0.2, 0) is 4.79 Å². The fourth-order valence-corrected chi connectivity index (χ4v) is 2.46. The summed E-state index contributed by atoms with van der Waals surface area (Å²) in [6.07, 6.45) is 0.328. The van der Waals surface area contributed by atoms with E-state index in [0.717, 1.165) is 5.39 Å².